The first kappa shape index (κ1) is 18.6. The maximum Gasteiger partial charge on any atom is 0.161 e. The highest BCUT2D eigenvalue weighted by Crippen LogP contribution is 2.31. The lowest BCUT2D eigenvalue weighted by Crippen LogP contribution is -2.22. The molecule has 2 atom stereocenters. The van der Waals surface area contributed by atoms with Gasteiger partial charge in [-0.05, 0) is 49.2 Å². The van der Waals surface area contributed by atoms with Gasteiger partial charge in [-0.2, -0.15) is 0 Å². The minimum Gasteiger partial charge on any atom is -0.493 e. The number of hydrogen-bond acceptors (Lipinski definition) is 4. The van der Waals surface area contributed by atoms with Crippen molar-refractivity contribution in [2.24, 2.45) is 0 Å². The molecule has 0 saturated heterocycles. The Bertz CT molecular complexity index is 646. The largest absolute Gasteiger partial charge is 0.493 e. The molecule has 0 aliphatic rings. The topological polar surface area (TPSA) is 50.7 Å². The van der Waals surface area contributed by atoms with Gasteiger partial charge in [0.05, 0.1) is 13.7 Å². The van der Waals surface area contributed by atoms with Gasteiger partial charge in [0.15, 0.2) is 11.5 Å². The molecule has 0 heterocycles. The molecule has 0 spiro atoms. The molecule has 4 nitrogen and oxygen atoms in total. The zero-order chi connectivity index (χ0) is 17.5. The van der Waals surface area contributed by atoms with E-state index >= 15 is 0 Å². The van der Waals surface area contributed by atoms with Crippen molar-refractivity contribution in [1.82, 2.24) is 5.32 Å². The van der Waals surface area contributed by atoms with Gasteiger partial charge in [-0.15, -0.1) is 0 Å². The second-order valence-corrected chi connectivity index (χ2v) is 6.08. The monoisotopic (exact) mass is 349 g/mol. The molecule has 2 N–H and O–H groups in total. The van der Waals surface area contributed by atoms with E-state index in [1.165, 1.54) is 5.56 Å². The Morgan fingerprint density at radius 2 is 1.62 bits per heavy atom. The summed E-state index contributed by atoms with van der Waals surface area (Å²) in [7, 11) is 1.61. The Labute approximate surface area is 148 Å². The van der Waals surface area contributed by atoms with Gasteiger partial charge in [0.1, 0.15) is 6.61 Å². The Hall–Kier alpha value is -1.75. The minimum absolute atomic E-state index is 0.0263. The fourth-order valence-electron chi connectivity index (χ4n) is 2.55. The first-order chi connectivity index (χ1) is 11.5. The van der Waals surface area contributed by atoms with Gasteiger partial charge in [0.2, 0.25) is 0 Å². The van der Waals surface area contributed by atoms with Crippen molar-refractivity contribution in [3.8, 4) is 11.5 Å². The van der Waals surface area contributed by atoms with Gasteiger partial charge in [-0.1, -0.05) is 29.8 Å². The third kappa shape index (κ3) is 4.87. The van der Waals surface area contributed by atoms with Gasteiger partial charge < -0.3 is 19.9 Å². The van der Waals surface area contributed by atoms with Crippen LogP contribution in [0.2, 0.25) is 5.02 Å². The van der Waals surface area contributed by atoms with Crippen LogP contribution in [0.15, 0.2) is 42.5 Å². The molecule has 5 heteroatoms. The van der Waals surface area contributed by atoms with Crippen LogP contribution >= 0.6 is 11.6 Å². The molecule has 0 radical (unpaired) electrons. The molecule has 0 saturated carbocycles. The van der Waals surface area contributed by atoms with E-state index in [1.807, 2.05) is 42.5 Å². The first-order valence-corrected chi connectivity index (χ1v) is 8.36. The summed E-state index contributed by atoms with van der Waals surface area (Å²) in [5.74, 6) is 1.29. The van der Waals surface area contributed by atoms with Crippen LogP contribution in [0.4, 0.5) is 0 Å². The molecule has 0 fully saturated rings. The highest BCUT2D eigenvalue weighted by Gasteiger charge is 2.14. The molecular formula is C19H24ClNO3. The van der Waals surface area contributed by atoms with Gasteiger partial charge in [-0.3, -0.25) is 0 Å². The van der Waals surface area contributed by atoms with Crippen molar-refractivity contribution < 1.29 is 14.6 Å². The summed E-state index contributed by atoms with van der Waals surface area (Å²) < 4.78 is 10.9. The highest BCUT2D eigenvalue weighted by atomic mass is 35.5. The van der Waals surface area contributed by atoms with E-state index in [9.17, 15) is 0 Å². The summed E-state index contributed by atoms with van der Waals surface area (Å²) in [5, 5.41) is 13.2. The van der Waals surface area contributed by atoms with Crippen molar-refractivity contribution in [2.75, 3.05) is 20.3 Å². The lowest BCUT2D eigenvalue weighted by atomic mass is 10.0. The summed E-state index contributed by atoms with van der Waals surface area (Å²) in [6.07, 6.45) is 0. The standard InChI is InChI=1S/C19H24ClNO3/c1-13(15-4-7-17(20)8-5-15)21-14(2)16-6-9-18(24-11-10-22)19(12-16)23-3/h4-9,12-14,21-22H,10-11H2,1-3H3. The second kappa shape index (κ2) is 8.92. The number of aliphatic hydroxyl groups excluding tert-OH is 1. The first-order valence-electron chi connectivity index (χ1n) is 7.98. The van der Waals surface area contributed by atoms with E-state index in [1.54, 1.807) is 7.11 Å². The van der Waals surface area contributed by atoms with Crippen LogP contribution in [-0.4, -0.2) is 25.4 Å². The molecular weight excluding hydrogens is 326 g/mol. The number of hydrogen-bond donors (Lipinski definition) is 2. The molecule has 2 aromatic rings. The van der Waals surface area contributed by atoms with E-state index in [4.69, 9.17) is 26.2 Å². The number of benzene rings is 2. The predicted molar refractivity (Wildman–Crippen MR) is 97.0 cm³/mol. The van der Waals surface area contributed by atoms with E-state index in [2.05, 4.69) is 19.2 Å². The Morgan fingerprint density at radius 1 is 1.00 bits per heavy atom. The molecule has 130 valence electrons. The average Bonchev–Trinajstić information content (AvgIpc) is 2.60. The Morgan fingerprint density at radius 3 is 2.25 bits per heavy atom. The minimum atomic E-state index is -0.0263. The number of nitrogens with one attached hydrogen (secondary N) is 1. The van der Waals surface area contributed by atoms with Gasteiger partial charge in [0, 0.05) is 17.1 Å². The van der Waals surface area contributed by atoms with E-state index in [0.29, 0.717) is 11.5 Å². The van der Waals surface area contributed by atoms with Crippen molar-refractivity contribution in [3.05, 3.63) is 58.6 Å². The summed E-state index contributed by atoms with van der Waals surface area (Å²) in [4.78, 5) is 0. The fourth-order valence-corrected chi connectivity index (χ4v) is 2.67. The third-order valence-electron chi connectivity index (χ3n) is 3.91. The molecule has 2 aromatic carbocycles. The summed E-state index contributed by atoms with van der Waals surface area (Å²) >= 11 is 5.94. The summed E-state index contributed by atoms with van der Waals surface area (Å²) in [6.45, 7) is 4.45. The van der Waals surface area contributed by atoms with Crippen LogP contribution in [0.25, 0.3) is 0 Å². The molecule has 0 bridgehead atoms. The number of methoxy groups -OCH3 is 1. The van der Waals surface area contributed by atoms with Crippen LogP contribution in [0.3, 0.4) is 0 Å². The van der Waals surface area contributed by atoms with Crippen molar-refractivity contribution >= 4 is 11.6 Å². The van der Waals surface area contributed by atoms with Crippen LogP contribution in [-0.2, 0) is 0 Å². The second-order valence-electron chi connectivity index (χ2n) is 5.64. The molecule has 0 aromatic heterocycles. The normalized spacial score (nSPS) is 13.4. The third-order valence-corrected chi connectivity index (χ3v) is 4.16. The molecule has 2 unspecified atom stereocenters. The van der Waals surface area contributed by atoms with E-state index in [-0.39, 0.29) is 25.3 Å². The number of aliphatic hydroxyl groups is 1. The quantitative estimate of drug-likeness (QED) is 0.752. The van der Waals surface area contributed by atoms with Crippen LogP contribution < -0.4 is 14.8 Å². The molecule has 2 rings (SSSR count). The molecule has 24 heavy (non-hydrogen) atoms. The zero-order valence-electron chi connectivity index (χ0n) is 14.3. The van der Waals surface area contributed by atoms with Crippen LogP contribution in [0.5, 0.6) is 11.5 Å². The summed E-state index contributed by atoms with van der Waals surface area (Å²) in [6, 6.07) is 14.0. The lowest BCUT2D eigenvalue weighted by Gasteiger charge is -2.22. The smallest absolute Gasteiger partial charge is 0.161 e. The average molecular weight is 350 g/mol. The lowest BCUT2D eigenvalue weighted by molar-refractivity contribution is 0.196. The number of rotatable bonds is 8. The molecule has 0 amide bonds. The molecule has 0 aliphatic carbocycles. The van der Waals surface area contributed by atoms with Gasteiger partial charge in [-0.25, -0.2) is 0 Å². The summed E-state index contributed by atoms with van der Waals surface area (Å²) in [5.41, 5.74) is 2.28. The SMILES string of the molecule is COc1cc(C(C)NC(C)c2ccc(Cl)cc2)ccc1OCCO. The Kier molecular flexibility index (Phi) is 6.91. The molecule has 0 aliphatic heterocycles. The van der Waals surface area contributed by atoms with Gasteiger partial charge >= 0.3 is 0 Å². The van der Waals surface area contributed by atoms with Crippen LogP contribution in [0, 0.1) is 0 Å². The van der Waals surface area contributed by atoms with Crippen molar-refractivity contribution in [1.29, 1.82) is 0 Å². The van der Waals surface area contributed by atoms with Crippen molar-refractivity contribution in [3.63, 3.8) is 0 Å². The maximum absolute atomic E-state index is 8.87. The van der Waals surface area contributed by atoms with Gasteiger partial charge in [0.25, 0.3) is 0 Å². The maximum atomic E-state index is 8.87. The van der Waals surface area contributed by atoms with E-state index in [0.717, 1.165) is 10.6 Å². The highest BCUT2D eigenvalue weighted by molar-refractivity contribution is 6.30. The van der Waals surface area contributed by atoms with Crippen LogP contribution in [0.1, 0.15) is 37.1 Å². The van der Waals surface area contributed by atoms with Crippen molar-refractivity contribution in [2.45, 2.75) is 25.9 Å². The Balaban J connectivity index is 2.08. The number of halogens is 1. The fraction of sp³-hybridized carbons (Fsp3) is 0.368. The number of ether oxygens (including phenoxy) is 2. The predicted octanol–water partition coefficient (Wildman–Crippen LogP) is 4.13. The van der Waals surface area contributed by atoms with E-state index < -0.39 is 0 Å². The zero-order valence-corrected chi connectivity index (χ0v) is 15.0.